The minimum absolute atomic E-state index is 0.00186. The molecule has 0 fully saturated rings. The lowest BCUT2D eigenvalue weighted by Crippen LogP contribution is -2.53. The van der Waals surface area contributed by atoms with Crippen molar-refractivity contribution in [2.24, 2.45) is 0 Å². The second-order valence-corrected chi connectivity index (χ2v) is 10.4. The van der Waals surface area contributed by atoms with E-state index >= 15 is 0 Å². The molecule has 0 aliphatic carbocycles. The third-order valence-corrected chi connectivity index (χ3v) is 6.55. The number of sulfonamides is 1. The number of hydrogen-bond acceptors (Lipinski definition) is 6. The SMILES string of the molecule is CC[C@@H](C(=O)NC(C)C)N(Cc1ccc(F)cc1)C(=O)CN(c1ccc2c(c1)OCO2)S(C)(=O)=O. The zero-order valence-corrected chi connectivity index (χ0v) is 21.0. The van der Waals surface area contributed by atoms with Crippen LogP contribution in [-0.2, 0) is 26.2 Å². The fourth-order valence-electron chi connectivity index (χ4n) is 3.74. The Kier molecular flexibility index (Phi) is 8.21. The molecular weight excluding hydrogens is 477 g/mol. The zero-order valence-electron chi connectivity index (χ0n) is 20.2. The molecule has 2 aromatic carbocycles. The summed E-state index contributed by atoms with van der Waals surface area (Å²) in [5.41, 5.74) is 0.830. The van der Waals surface area contributed by atoms with E-state index in [0.717, 1.165) is 10.6 Å². The fraction of sp³-hybridized carbons (Fsp3) is 0.417. The molecule has 3 rings (SSSR count). The number of ether oxygens (including phenoxy) is 2. The van der Waals surface area contributed by atoms with Gasteiger partial charge in [0, 0.05) is 18.7 Å². The van der Waals surface area contributed by atoms with Gasteiger partial charge in [-0.1, -0.05) is 19.1 Å². The van der Waals surface area contributed by atoms with Crippen molar-refractivity contribution in [3.63, 3.8) is 0 Å². The van der Waals surface area contributed by atoms with Crippen LogP contribution in [0.15, 0.2) is 42.5 Å². The van der Waals surface area contributed by atoms with Crippen molar-refractivity contribution in [3.8, 4) is 11.5 Å². The summed E-state index contributed by atoms with van der Waals surface area (Å²) in [6.07, 6.45) is 1.30. The molecule has 1 atom stereocenters. The van der Waals surface area contributed by atoms with Crippen molar-refractivity contribution in [3.05, 3.63) is 53.8 Å². The van der Waals surface area contributed by atoms with Crippen LogP contribution >= 0.6 is 0 Å². The van der Waals surface area contributed by atoms with Gasteiger partial charge in [0.2, 0.25) is 28.6 Å². The molecule has 1 N–H and O–H groups in total. The Morgan fingerprint density at radius 1 is 1.09 bits per heavy atom. The van der Waals surface area contributed by atoms with E-state index in [-0.39, 0.29) is 31.0 Å². The molecule has 0 saturated carbocycles. The van der Waals surface area contributed by atoms with Crippen LogP contribution in [0, 0.1) is 5.82 Å². The average Bonchev–Trinajstić information content (AvgIpc) is 3.25. The lowest BCUT2D eigenvalue weighted by Gasteiger charge is -2.33. The highest BCUT2D eigenvalue weighted by molar-refractivity contribution is 7.92. The Morgan fingerprint density at radius 2 is 1.74 bits per heavy atom. The van der Waals surface area contributed by atoms with Crippen LogP contribution in [0.3, 0.4) is 0 Å². The van der Waals surface area contributed by atoms with Crippen molar-refractivity contribution in [2.75, 3.05) is 23.9 Å². The summed E-state index contributed by atoms with van der Waals surface area (Å²) >= 11 is 0. The number of benzene rings is 2. The molecule has 1 aliphatic heterocycles. The third kappa shape index (κ3) is 6.62. The van der Waals surface area contributed by atoms with Gasteiger partial charge in [-0.2, -0.15) is 0 Å². The van der Waals surface area contributed by atoms with Gasteiger partial charge in [-0.25, -0.2) is 12.8 Å². The first-order valence-corrected chi connectivity index (χ1v) is 13.1. The Bertz CT molecular complexity index is 1170. The smallest absolute Gasteiger partial charge is 0.244 e. The number of nitrogens with one attached hydrogen (secondary N) is 1. The first kappa shape index (κ1) is 26.3. The van der Waals surface area contributed by atoms with Crippen molar-refractivity contribution in [2.45, 2.75) is 45.8 Å². The van der Waals surface area contributed by atoms with E-state index < -0.39 is 34.3 Å². The molecule has 0 bridgehead atoms. The van der Waals surface area contributed by atoms with Gasteiger partial charge in [0.1, 0.15) is 18.4 Å². The highest BCUT2D eigenvalue weighted by atomic mass is 32.2. The van der Waals surface area contributed by atoms with Crippen LogP contribution in [0.25, 0.3) is 0 Å². The largest absolute Gasteiger partial charge is 0.454 e. The molecular formula is C24H30FN3O6S. The quantitative estimate of drug-likeness (QED) is 0.530. The Labute approximate surface area is 204 Å². The molecule has 0 saturated heterocycles. The Morgan fingerprint density at radius 3 is 2.34 bits per heavy atom. The van der Waals surface area contributed by atoms with E-state index in [2.05, 4.69) is 5.32 Å². The topological polar surface area (TPSA) is 105 Å². The molecule has 0 radical (unpaired) electrons. The summed E-state index contributed by atoms with van der Waals surface area (Å²) in [5, 5.41) is 2.81. The highest BCUT2D eigenvalue weighted by Gasteiger charge is 2.32. The molecule has 0 spiro atoms. The number of fused-ring (bicyclic) bond motifs is 1. The number of anilines is 1. The van der Waals surface area contributed by atoms with Crippen molar-refractivity contribution in [1.82, 2.24) is 10.2 Å². The molecule has 11 heteroatoms. The minimum Gasteiger partial charge on any atom is -0.454 e. The number of halogens is 1. The summed E-state index contributed by atoms with van der Waals surface area (Å²) in [6.45, 7) is 4.86. The zero-order chi connectivity index (χ0) is 25.8. The van der Waals surface area contributed by atoms with Gasteiger partial charge in [0.15, 0.2) is 11.5 Å². The second kappa shape index (κ2) is 10.9. The van der Waals surface area contributed by atoms with E-state index in [1.807, 2.05) is 13.8 Å². The van der Waals surface area contributed by atoms with E-state index in [9.17, 15) is 22.4 Å². The number of hydrogen-bond donors (Lipinski definition) is 1. The second-order valence-electron chi connectivity index (χ2n) is 8.54. The van der Waals surface area contributed by atoms with Crippen LogP contribution in [-0.4, -0.2) is 56.8 Å². The summed E-state index contributed by atoms with van der Waals surface area (Å²) in [7, 11) is -3.87. The van der Waals surface area contributed by atoms with E-state index in [4.69, 9.17) is 9.47 Å². The van der Waals surface area contributed by atoms with E-state index in [1.54, 1.807) is 13.0 Å². The first-order valence-electron chi connectivity index (χ1n) is 11.2. The number of nitrogens with zero attached hydrogens (tertiary/aromatic N) is 2. The van der Waals surface area contributed by atoms with E-state index in [0.29, 0.717) is 23.5 Å². The lowest BCUT2D eigenvalue weighted by molar-refractivity contribution is -0.140. The van der Waals surface area contributed by atoms with Gasteiger partial charge in [-0.3, -0.25) is 13.9 Å². The Hall–Kier alpha value is -3.34. The molecule has 1 aliphatic rings. The van der Waals surface area contributed by atoms with Gasteiger partial charge >= 0.3 is 0 Å². The van der Waals surface area contributed by atoms with E-state index in [1.165, 1.54) is 41.3 Å². The van der Waals surface area contributed by atoms with Crippen LogP contribution in [0.1, 0.15) is 32.8 Å². The van der Waals surface area contributed by atoms with Crippen LogP contribution in [0.5, 0.6) is 11.5 Å². The molecule has 9 nitrogen and oxygen atoms in total. The molecule has 1 heterocycles. The van der Waals surface area contributed by atoms with Crippen molar-refractivity contribution >= 4 is 27.5 Å². The summed E-state index contributed by atoms with van der Waals surface area (Å²) in [4.78, 5) is 27.8. The maximum absolute atomic E-state index is 13.6. The predicted octanol–water partition coefficient (Wildman–Crippen LogP) is 2.65. The molecule has 190 valence electrons. The van der Waals surface area contributed by atoms with Crippen LogP contribution in [0.4, 0.5) is 10.1 Å². The summed E-state index contributed by atoms with van der Waals surface area (Å²) < 4.78 is 50.3. The van der Waals surface area contributed by atoms with Crippen LogP contribution < -0.4 is 19.1 Å². The monoisotopic (exact) mass is 507 g/mol. The minimum atomic E-state index is -3.87. The van der Waals surface area contributed by atoms with Crippen molar-refractivity contribution in [1.29, 1.82) is 0 Å². The first-order chi connectivity index (χ1) is 16.5. The van der Waals surface area contributed by atoms with Gasteiger partial charge in [-0.15, -0.1) is 0 Å². The fourth-order valence-corrected chi connectivity index (χ4v) is 4.58. The molecule has 2 aromatic rings. The number of rotatable bonds is 10. The Balaban J connectivity index is 1.94. The summed E-state index contributed by atoms with van der Waals surface area (Å²) in [6, 6.07) is 9.16. The summed E-state index contributed by atoms with van der Waals surface area (Å²) in [5.74, 6) is -0.519. The number of carbonyl (C=O) groups is 2. The van der Waals surface area contributed by atoms with Gasteiger partial charge in [-0.05, 0) is 50.1 Å². The molecule has 2 amide bonds. The van der Waals surface area contributed by atoms with Crippen molar-refractivity contribution < 1.29 is 31.9 Å². The maximum Gasteiger partial charge on any atom is 0.244 e. The van der Waals surface area contributed by atoms with Gasteiger partial charge in [0.05, 0.1) is 11.9 Å². The average molecular weight is 508 g/mol. The predicted molar refractivity (Wildman–Crippen MR) is 129 cm³/mol. The maximum atomic E-state index is 13.6. The highest BCUT2D eigenvalue weighted by Crippen LogP contribution is 2.36. The van der Waals surface area contributed by atoms with Gasteiger partial charge < -0.3 is 19.7 Å². The number of amides is 2. The normalized spacial score (nSPS) is 13.4. The standard InChI is InChI=1S/C24H30FN3O6S/c1-5-20(24(30)26-16(2)3)27(13-17-6-8-18(25)9-7-17)23(29)14-28(35(4,31)32)19-10-11-21-22(12-19)34-15-33-21/h6-12,16,20H,5,13-15H2,1-4H3,(H,26,30)/t20-/m0/s1. The lowest BCUT2D eigenvalue weighted by atomic mass is 10.1. The van der Waals surface area contributed by atoms with Crippen LogP contribution in [0.2, 0.25) is 0 Å². The molecule has 0 aromatic heterocycles. The number of carbonyl (C=O) groups excluding carboxylic acids is 2. The van der Waals surface area contributed by atoms with Gasteiger partial charge in [0.25, 0.3) is 0 Å². The molecule has 0 unspecified atom stereocenters. The third-order valence-electron chi connectivity index (χ3n) is 5.41. The molecule has 35 heavy (non-hydrogen) atoms.